The van der Waals surface area contributed by atoms with Gasteiger partial charge < -0.3 is 5.32 Å². The van der Waals surface area contributed by atoms with Crippen molar-refractivity contribution in [3.63, 3.8) is 0 Å². The molecule has 1 aliphatic rings. The summed E-state index contributed by atoms with van der Waals surface area (Å²) in [5.74, 6) is 0.625. The lowest BCUT2D eigenvalue weighted by Crippen LogP contribution is -2.23. The highest BCUT2D eigenvalue weighted by Gasteiger charge is 2.03. The summed E-state index contributed by atoms with van der Waals surface area (Å²) in [5, 5.41) is 2.97. The minimum absolute atomic E-state index is 0.625. The van der Waals surface area contributed by atoms with E-state index in [0.717, 1.165) is 13.0 Å². The minimum atomic E-state index is -1.36. The third-order valence-electron chi connectivity index (χ3n) is 0.998. The zero-order chi connectivity index (χ0) is 7.40. The number of hydrogen-bond acceptors (Lipinski definition) is 2. The number of rotatable bonds is 2. The third kappa shape index (κ3) is 1.91. The average Bonchev–Trinajstić information content (AvgIpc) is 2.31. The highest BCUT2D eigenvalue weighted by Crippen LogP contribution is 1.92. The molecule has 1 atom stereocenters. The smallest absolute Gasteiger partial charge is 0.267 e. The largest absolute Gasteiger partial charge is 0.368 e. The van der Waals surface area contributed by atoms with E-state index in [1.165, 1.54) is 6.21 Å². The maximum absolute atomic E-state index is 10.5. The molecule has 0 bridgehead atoms. The lowest BCUT2D eigenvalue weighted by Gasteiger charge is -1.96. The van der Waals surface area contributed by atoms with Crippen LogP contribution < -0.4 is 5.32 Å². The van der Waals surface area contributed by atoms with Gasteiger partial charge in [0.2, 0.25) is 0 Å². The van der Waals surface area contributed by atoms with Crippen molar-refractivity contribution < 1.29 is 4.21 Å². The van der Waals surface area contributed by atoms with Gasteiger partial charge in [0.25, 0.3) is 11.2 Å². The van der Waals surface area contributed by atoms with E-state index in [2.05, 4.69) is 21.0 Å². The van der Waals surface area contributed by atoms with Gasteiger partial charge in [-0.05, 0) is 6.42 Å². The van der Waals surface area contributed by atoms with Crippen molar-refractivity contribution in [2.45, 2.75) is 13.3 Å². The predicted molar refractivity (Wildman–Crippen MR) is 42.4 cm³/mol. The molecule has 0 aromatic heterocycles. The number of nitrogens with one attached hydrogen (secondary N) is 1. The first-order chi connectivity index (χ1) is 4.83. The Labute approximate surface area is 62.2 Å². The lowest BCUT2D eigenvalue weighted by atomic mass is 10.5. The second kappa shape index (κ2) is 3.46. The van der Waals surface area contributed by atoms with Gasteiger partial charge in [-0.25, -0.2) is 4.21 Å². The van der Waals surface area contributed by atoms with Crippen LogP contribution in [0.4, 0.5) is 0 Å². The van der Waals surface area contributed by atoms with Gasteiger partial charge >= 0.3 is 0 Å². The van der Waals surface area contributed by atoms with Crippen molar-refractivity contribution in [2.75, 3.05) is 6.54 Å². The van der Waals surface area contributed by atoms with E-state index < -0.39 is 11.2 Å². The molecule has 1 heterocycles. The summed E-state index contributed by atoms with van der Waals surface area (Å²) < 4.78 is 17.7. The highest BCUT2D eigenvalue weighted by atomic mass is 32.2. The average molecular weight is 159 g/mol. The Morgan fingerprint density at radius 3 is 3.10 bits per heavy atom. The summed E-state index contributed by atoms with van der Waals surface area (Å²) in [4.78, 5) is 0. The minimum Gasteiger partial charge on any atom is -0.368 e. The van der Waals surface area contributed by atoms with E-state index in [4.69, 9.17) is 0 Å². The van der Waals surface area contributed by atoms with Gasteiger partial charge in [-0.2, -0.15) is 4.40 Å². The Morgan fingerprint density at radius 2 is 2.60 bits per heavy atom. The van der Waals surface area contributed by atoms with Crippen LogP contribution in [0.5, 0.6) is 0 Å². The van der Waals surface area contributed by atoms with E-state index in [9.17, 15) is 4.21 Å². The Balaban J connectivity index is 2.37. The third-order valence-corrected chi connectivity index (χ3v) is 1.64. The highest BCUT2D eigenvalue weighted by molar-refractivity contribution is 7.83. The molecule has 0 saturated carbocycles. The van der Waals surface area contributed by atoms with Crippen molar-refractivity contribution in [3.05, 3.63) is 0 Å². The molecule has 56 valence electrons. The molecular weight excluding hydrogens is 150 g/mol. The van der Waals surface area contributed by atoms with Crippen molar-refractivity contribution in [2.24, 2.45) is 8.80 Å². The normalized spacial score (nSPS) is 22.9. The van der Waals surface area contributed by atoms with Crippen LogP contribution in [0.3, 0.4) is 0 Å². The molecule has 5 heteroatoms. The van der Waals surface area contributed by atoms with Gasteiger partial charge in [0.15, 0.2) is 5.84 Å². The number of nitrogens with zero attached hydrogens (tertiary/aromatic N) is 2. The van der Waals surface area contributed by atoms with Gasteiger partial charge in [-0.1, -0.05) is 6.92 Å². The second-order valence-corrected chi connectivity index (χ2v) is 2.72. The molecule has 1 rings (SSSR count). The van der Waals surface area contributed by atoms with E-state index in [1.807, 2.05) is 0 Å². The van der Waals surface area contributed by atoms with E-state index in [-0.39, 0.29) is 0 Å². The quantitative estimate of drug-likeness (QED) is 0.619. The number of hydrogen-bond donors (Lipinski definition) is 1. The van der Waals surface area contributed by atoms with Crippen LogP contribution in [-0.4, -0.2) is 22.8 Å². The maximum Gasteiger partial charge on any atom is 0.267 e. The van der Waals surface area contributed by atoms with Crippen molar-refractivity contribution >= 4 is 23.2 Å². The fourth-order valence-corrected chi connectivity index (χ4v) is 1.07. The van der Waals surface area contributed by atoms with Gasteiger partial charge in [-0.15, -0.1) is 4.40 Å². The summed E-state index contributed by atoms with van der Waals surface area (Å²) in [6.45, 7) is 2.90. The summed E-state index contributed by atoms with van der Waals surface area (Å²) in [6.07, 6.45) is 2.52. The Hall–Kier alpha value is -0.710. The van der Waals surface area contributed by atoms with Gasteiger partial charge in [0, 0.05) is 6.54 Å². The van der Waals surface area contributed by atoms with Crippen LogP contribution in [0.15, 0.2) is 8.80 Å². The van der Waals surface area contributed by atoms with Crippen molar-refractivity contribution in [1.29, 1.82) is 0 Å². The molecule has 4 nitrogen and oxygen atoms in total. The fraction of sp³-hybridized carbons (Fsp3) is 0.600. The second-order valence-electron chi connectivity index (χ2n) is 1.87. The molecule has 1 unspecified atom stereocenters. The molecule has 0 amide bonds. The van der Waals surface area contributed by atoms with Gasteiger partial charge in [0.05, 0.1) is 6.21 Å². The standard InChI is InChI=1S/C5H9N3OS/c1-2-3-6-5-4-7-10(9)8-5/h4H,2-3H2,1H3,(H,6,8). The Morgan fingerprint density at radius 1 is 1.80 bits per heavy atom. The first-order valence-corrected chi connectivity index (χ1v) is 4.18. The van der Waals surface area contributed by atoms with Crippen LogP contribution in [0.2, 0.25) is 0 Å². The molecule has 0 aromatic carbocycles. The van der Waals surface area contributed by atoms with E-state index >= 15 is 0 Å². The van der Waals surface area contributed by atoms with E-state index in [1.54, 1.807) is 0 Å². The molecule has 0 saturated heterocycles. The molecule has 0 aliphatic carbocycles. The Kier molecular flexibility index (Phi) is 2.56. The molecule has 10 heavy (non-hydrogen) atoms. The topological polar surface area (TPSA) is 53.8 Å². The zero-order valence-corrected chi connectivity index (χ0v) is 6.52. The molecule has 0 aromatic rings. The molecule has 0 radical (unpaired) electrons. The fourth-order valence-electron chi connectivity index (χ4n) is 0.557. The molecule has 0 spiro atoms. The van der Waals surface area contributed by atoms with Crippen LogP contribution in [-0.2, 0) is 11.2 Å². The molecular formula is C5H9N3OS. The van der Waals surface area contributed by atoms with Crippen molar-refractivity contribution in [1.82, 2.24) is 5.32 Å². The number of amidine groups is 1. The molecule has 0 fully saturated rings. The van der Waals surface area contributed by atoms with Crippen molar-refractivity contribution in [3.8, 4) is 0 Å². The first-order valence-electron chi connectivity index (χ1n) is 3.11. The molecule has 1 N–H and O–H groups in total. The van der Waals surface area contributed by atoms with Gasteiger partial charge in [0.1, 0.15) is 0 Å². The maximum atomic E-state index is 10.5. The lowest BCUT2D eigenvalue weighted by molar-refractivity contribution is 0.686. The first kappa shape index (κ1) is 7.40. The van der Waals surface area contributed by atoms with E-state index in [0.29, 0.717) is 5.84 Å². The SMILES string of the molecule is CCCNC1=NS(=O)N=C1. The summed E-state index contributed by atoms with van der Waals surface area (Å²) >= 11 is -1.36. The van der Waals surface area contributed by atoms with Gasteiger partial charge in [-0.3, -0.25) is 0 Å². The predicted octanol–water partition coefficient (Wildman–Crippen LogP) is 0.0476. The summed E-state index contributed by atoms with van der Waals surface area (Å²) in [7, 11) is 0. The summed E-state index contributed by atoms with van der Waals surface area (Å²) in [6, 6.07) is 0. The monoisotopic (exact) mass is 159 g/mol. The van der Waals surface area contributed by atoms with Crippen LogP contribution in [0.25, 0.3) is 0 Å². The molecule has 1 aliphatic heterocycles. The van der Waals surface area contributed by atoms with Crippen LogP contribution in [0, 0.1) is 0 Å². The Bertz CT molecular complexity index is 199. The van der Waals surface area contributed by atoms with Crippen LogP contribution in [0.1, 0.15) is 13.3 Å². The van der Waals surface area contributed by atoms with Crippen LogP contribution >= 0.6 is 0 Å². The summed E-state index contributed by atoms with van der Waals surface area (Å²) in [5.41, 5.74) is 0. The zero-order valence-electron chi connectivity index (χ0n) is 5.70.